The standard InChI is InChI=1S/C19H16Cl2F3N3OS/c20-12-4-5-13(14(21)10-12)17(28)26-18(29)25-15-9-11(19(22,23)24)3-6-16(15)27-7-1-2-8-27/h3-6,9-10H,1-2,7-8H2,(H2,25,26,28,29). The van der Waals surface area contributed by atoms with Crippen LogP contribution in [0.4, 0.5) is 24.5 Å². The van der Waals surface area contributed by atoms with E-state index in [1.54, 1.807) is 0 Å². The van der Waals surface area contributed by atoms with Crippen LogP contribution in [0.2, 0.25) is 10.0 Å². The summed E-state index contributed by atoms with van der Waals surface area (Å²) in [6.07, 6.45) is -2.59. The van der Waals surface area contributed by atoms with Crippen LogP contribution in [0.5, 0.6) is 0 Å². The van der Waals surface area contributed by atoms with E-state index in [1.807, 2.05) is 4.90 Å². The fourth-order valence-electron chi connectivity index (χ4n) is 3.04. The number of hydrogen-bond donors (Lipinski definition) is 2. The number of carbonyl (C=O) groups is 1. The van der Waals surface area contributed by atoms with Crippen LogP contribution in [0.1, 0.15) is 28.8 Å². The Morgan fingerprint density at radius 3 is 2.38 bits per heavy atom. The van der Waals surface area contributed by atoms with Gasteiger partial charge in [0.15, 0.2) is 5.11 Å². The van der Waals surface area contributed by atoms with Gasteiger partial charge < -0.3 is 10.2 Å². The highest BCUT2D eigenvalue weighted by Crippen LogP contribution is 2.36. The number of amides is 1. The zero-order valence-electron chi connectivity index (χ0n) is 14.9. The van der Waals surface area contributed by atoms with Crippen LogP contribution in [0.15, 0.2) is 36.4 Å². The molecule has 0 saturated carbocycles. The van der Waals surface area contributed by atoms with Gasteiger partial charge in [-0.15, -0.1) is 0 Å². The summed E-state index contributed by atoms with van der Waals surface area (Å²) in [6, 6.07) is 7.78. The van der Waals surface area contributed by atoms with Gasteiger partial charge in [0.25, 0.3) is 5.91 Å². The molecule has 0 unspecified atom stereocenters. The second-order valence-corrected chi connectivity index (χ2v) is 7.71. The molecule has 0 aromatic heterocycles. The highest BCUT2D eigenvalue weighted by molar-refractivity contribution is 7.80. The number of anilines is 2. The fourth-order valence-corrected chi connectivity index (χ4v) is 3.74. The number of halogens is 5. The van der Waals surface area contributed by atoms with Crippen molar-refractivity contribution in [3.8, 4) is 0 Å². The summed E-state index contributed by atoms with van der Waals surface area (Å²) >= 11 is 17.0. The monoisotopic (exact) mass is 461 g/mol. The molecule has 10 heteroatoms. The summed E-state index contributed by atoms with van der Waals surface area (Å²) in [7, 11) is 0. The molecule has 1 heterocycles. The Bertz CT molecular complexity index is 947. The number of nitrogens with zero attached hydrogens (tertiary/aromatic N) is 1. The van der Waals surface area contributed by atoms with Gasteiger partial charge in [0.1, 0.15) is 0 Å². The van der Waals surface area contributed by atoms with Crippen molar-refractivity contribution in [3.63, 3.8) is 0 Å². The van der Waals surface area contributed by atoms with Gasteiger partial charge in [0.2, 0.25) is 0 Å². The van der Waals surface area contributed by atoms with Crippen LogP contribution in [-0.4, -0.2) is 24.1 Å². The third kappa shape index (κ3) is 5.32. The average Bonchev–Trinajstić information content (AvgIpc) is 3.15. The first kappa shape index (κ1) is 21.7. The van der Waals surface area contributed by atoms with Crippen molar-refractivity contribution < 1.29 is 18.0 Å². The Labute approximate surface area is 181 Å². The molecule has 4 nitrogen and oxygen atoms in total. The van der Waals surface area contributed by atoms with E-state index in [1.165, 1.54) is 24.3 Å². The number of hydrogen-bond acceptors (Lipinski definition) is 3. The lowest BCUT2D eigenvalue weighted by Gasteiger charge is -2.23. The predicted octanol–water partition coefficient (Wildman–Crippen LogP) is 5.74. The van der Waals surface area contributed by atoms with Crippen molar-refractivity contribution in [2.45, 2.75) is 19.0 Å². The zero-order valence-corrected chi connectivity index (χ0v) is 17.3. The summed E-state index contributed by atoms with van der Waals surface area (Å²) < 4.78 is 39.5. The Morgan fingerprint density at radius 1 is 1.07 bits per heavy atom. The van der Waals surface area contributed by atoms with E-state index < -0.39 is 17.6 Å². The highest BCUT2D eigenvalue weighted by atomic mass is 35.5. The topological polar surface area (TPSA) is 44.4 Å². The lowest BCUT2D eigenvalue weighted by atomic mass is 10.1. The van der Waals surface area contributed by atoms with Crippen molar-refractivity contribution in [2.24, 2.45) is 0 Å². The van der Waals surface area contributed by atoms with Gasteiger partial charge in [-0.1, -0.05) is 23.2 Å². The van der Waals surface area contributed by atoms with E-state index in [2.05, 4.69) is 10.6 Å². The minimum atomic E-state index is -4.50. The second-order valence-electron chi connectivity index (χ2n) is 6.46. The van der Waals surface area contributed by atoms with Crippen molar-refractivity contribution in [1.29, 1.82) is 0 Å². The molecule has 1 amide bonds. The van der Waals surface area contributed by atoms with Gasteiger partial charge in [0, 0.05) is 18.1 Å². The van der Waals surface area contributed by atoms with Gasteiger partial charge in [-0.3, -0.25) is 10.1 Å². The van der Waals surface area contributed by atoms with Crippen LogP contribution in [-0.2, 0) is 6.18 Å². The van der Waals surface area contributed by atoms with Gasteiger partial charge in [-0.25, -0.2) is 0 Å². The van der Waals surface area contributed by atoms with E-state index in [-0.39, 0.29) is 21.4 Å². The van der Waals surface area contributed by atoms with E-state index >= 15 is 0 Å². The number of rotatable bonds is 3. The molecule has 1 aliphatic heterocycles. The lowest BCUT2D eigenvalue weighted by molar-refractivity contribution is -0.137. The third-order valence-corrected chi connectivity index (χ3v) is 5.17. The first-order valence-corrected chi connectivity index (χ1v) is 9.85. The number of carbonyl (C=O) groups excluding carboxylic acids is 1. The molecule has 0 spiro atoms. The average molecular weight is 462 g/mol. The lowest BCUT2D eigenvalue weighted by Crippen LogP contribution is -2.35. The second kappa shape index (κ2) is 8.77. The summed E-state index contributed by atoms with van der Waals surface area (Å²) in [5.74, 6) is -0.598. The number of thiocarbonyl (C=S) groups is 1. The van der Waals surface area contributed by atoms with Crippen LogP contribution < -0.4 is 15.5 Å². The van der Waals surface area contributed by atoms with Gasteiger partial charge in [-0.2, -0.15) is 13.2 Å². The van der Waals surface area contributed by atoms with Crippen LogP contribution >= 0.6 is 35.4 Å². The maximum absolute atomic E-state index is 13.2. The first-order chi connectivity index (χ1) is 13.6. The van der Waals surface area contributed by atoms with Crippen LogP contribution in [0.3, 0.4) is 0 Å². The van der Waals surface area contributed by atoms with E-state index in [0.717, 1.165) is 38.1 Å². The summed E-state index contributed by atoms with van der Waals surface area (Å²) in [5, 5.41) is 5.52. The third-order valence-electron chi connectivity index (χ3n) is 4.42. The molecule has 3 rings (SSSR count). The number of nitrogens with one attached hydrogen (secondary N) is 2. The zero-order chi connectivity index (χ0) is 21.2. The van der Waals surface area contributed by atoms with Crippen molar-refractivity contribution >= 4 is 57.8 Å². The maximum atomic E-state index is 13.2. The molecule has 2 N–H and O–H groups in total. The Balaban J connectivity index is 1.81. The molecule has 1 saturated heterocycles. The minimum absolute atomic E-state index is 0.134. The van der Waals surface area contributed by atoms with Gasteiger partial charge in [-0.05, 0) is 61.5 Å². The maximum Gasteiger partial charge on any atom is 0.416 e. The quantitative estimate of drug-likeness (QED) is 0.572. The minimum Gasteiger partial charge on any atom is -0.370 e. The van der Waals surface area contributed by atoms with Gasteiger partial charge in [0.05, 0.1) is 27.5 Å². The predicted molar refractivity (Wildman–Crippen MR) is 113 cm³/mol. The molecule has 1 aliphatic rings. The molecular formula is C19H16Cl2F3N3OS. The largest absolute Gasteiger partial charge is 0.416 e. The Kier molecular flexibility index (Phi) is 6.55. The normalized spacial score (nSPS) is 14.0. The highest BCUT2D eigenvalue weighted by Gasteiger charge is 2.32. The van der Waals surface area contributed by atoms with Gasteiger partial charge >= 0.3 is 6.18 Å². The van der Waals surface area contributed by atoms with E-state index in [0.29, 0.717) is 10.7 Å². The summed E-state index contributed by atoms with van der Waals surface area (Å²) in [6.45, 7) is 1.47. The summed E-state index contributed by atoms with van der Waals surface area (Å²) in [4.78, 5) is 14.4. The van der Waals surface area contributed by atoms with Crippen molar-refractivity contribution in [1.82, 2.24) is 5.32 Å². The molecule has 0 atom stereocenters. The molecule has 154 valence electrons. The van der Waals surface area contributed by atoms with Crippen molar-refractivity contribution in [3.05, 3.63) is 57.6 Å². The molecule has 0 radical (unpaired) electrons. The molecule has 1 fully saturated rings. The Morgan fingerprint density at radius 2 is 1.76 bits per heavy atom. The SMILES string of the molecule is O=C(NC(=S)Nc1cc(C(F)(F)F)ccc1N1CCCC1)c1ccc(Cl)cc1Cl. The molecule has 2 aromatic rings. The smallest absolute Gasteiger partial charge is 0.370 e. The van der Waals surface area contributed by atoms with E-state index in [4.69, 9.17) is 35.4 Å². The van der Waals surface area contributed by atoms with Crippen LogP contribution in [0, 0.1) is 0 Å². The molecular weight excluding hydrogens is 446 g/mol. The Hall–Kier alpha value is -2.03. The molecule has 0 aliphatic carbocycles. The van der Waals surface area contributed by atoms with E-state index in [9.17, 15) is 18.0 Å². The fraction of sp³-hybridized carbons (Fsp3) is 0.263. The van der Waals surface area contributed by atoms with Crippen LogP contribution in [0.25, 0.3) is 0 Å². The number of alkyl halides is 3. The molecule has 2 aromatic carbocycles. The molecule has 0 bridgehead atoms. The number of benzene rings is 2. The van der Waals surface area contributed by atoms with Crippen molar-refractivity contribution in [2.75, 3.05) is 23.3 Å². The first-order valence-electron chi connectivity index (χ1n) is 8.69. The summed E-state index contributed by atoms with van der Waals surface area (Å²) in [5.41, 5.74) is 0.104. The molecule has 29 heavy (non-hydrogen) atoms.